The molecule has 2 aliphatic heterocycles. The van der Waals surface area contributed by atoms with E-state index in [2.05, 4.69) is 13.2 Å². The normalized spacial score (nSPS) is 44.3. The Bertz CT molecular complexity index is 244. The van der Waals surface area contributed by atoms with Gasteiger partial charge in [-0.2, -0.15) is 0 Å². The van der Waals surface area contributed by atoms with Gasteiger partial charge in [-0.3, -0.25) is 0 Å². The second kappa shape index (κ2) is 2.59. The van der Waals surface area contributed by atoms with Crippen LogP contribution in [0.25, 0.3) is 0 Å². The zero-order valence-electron chi connectivity index (χ0n) is 7.77. The molecule has 1 saturated carbocycles. The fraction of sp³-hybridized carbons (Fsp3) is 0.600. The minimum Gasteiger partial charge on any atom is -0.458 e. The SMILES string of the molecule is C=C1OC2CC3OC(=C)OC3CC2O1. The fourth-order valence-electron chi connectivity index (χ4n) is 2.29. The third-order valence-electron chi connectivity index (χ3n) is 2.89. The summed E-state index contributed by atoms with van der Waals surface area (Å²) < 4.78 is 21.7. The average molecular weight is 196 g/mol. The molecule has 0 spiro atoms. The van der Waals surface area contributed by atoms with E-state index in [0.29, 0.717) is 11.9 Å². The molecule has 4 atom stereocenters. The van der Waals surface area contributed by atoms with E-state index in [1.807, 2.05) is 0 Å². The first-order valence-electron chi connectivity index (χ1n) is 4.77. The van der Waals surface area contributed by atoms with Crippen molar-refractivity contribution in [2.45, 2.75) is 37.3 Å². The van der Waals surface area contributed by atoms with Crippen LogP contribution in [-0.2, 0) is 18.9 Å². The molecule has 76 valence electrons. The lowest BCUT2D eigenvalue weighted by atomic mass is 9.90. The predicted molar refractivity (Wildman–Crippen MR) is 47.0 cm³/mol. The molecule has 3 aliphatic rings. The van der Waals surface area contributed by atoms with Crippen molar-refractivity contribution in [3.63, 3.8) is 0 Å². The highest BCUT2D eigenvalue weighted by atomic mass is 16.7. The molecule has 0 bridgehead atoms. The van der Waals surface area contributed by atoms with Gasteiger partial charge < -0.3 is 18.9 Å². The molecule has 0 aromatic carbocycles. The average Bonchev–Trinajstić information content (AvgIpc) is 2.59. The molecule has 14 heavy (non-hydrogen) atoms. The first kappa shape index (κ1) is 8.03. The molecule has 4 nitrogen and oxygen atoms in total. The van der Waals surface area contributed by atoms with Gasteiger partial charge in [0.2, 0.25) is 0 Å². The lowest BCUT2D eigenvalue weighted by Crippen LogP contribution is -2.41. The summed E-state index contributed by atoms with van der Waals surface area (Å²) in [6, 6.07) is 0. The maximum Gasteiger partial charge on any atom is 0.272 e. The van der Waals surface area contributed by atoms with E-state index in [0.717, 1.165) is 12.8 Å². The van der Waals surface area contributed by atoms with Crippen molar-refractivity contribution in [2.75, 3.05) is 0 Å². The summed E-state index contributed by atoms with van der Waals surface area (Å²) in [7, 11) is 0. The molecular formula is C10H12O4. The molecule has 4 unspecified atom stereocenters. The van der Waals surface area contributed by atoms with Gasteiger partial charge in [-0.25, -0.2) is 0 Å². The summed E-state index contributed by atoms with van der Waals surface area (Å²) in [4.78, 5) is 0. The Morgan fingerprint density at radius 3 is 1.29 bits per heavy atom. The van der Waals surface area contributed by atoms with Crippen LogP contribution in [0.2, 0.25) is 0 Å². The summed E-state index contributed by atoms with van der Waals surface area (Å²) in [5.41, 5.74) is 0. The first-order chi connectivity index (χ1) is 6.72. The van der Waals surface area contributed by atoms with Gasteiger partial charge in [-0.15, -0.1) is 0 Å². The fourth-order valence-corrected chi connectivity index (χ4v) is 2.29. The number of ether oxygens (including phenoxy) is 4. The molecular weight excluding hydrogens is 184 g/mol. The van der Waals surface area contributed by atoms with Crippen LogP contribution in [0.1, 0.15) is 12.8 Å². The van der Waals surface area contributed by atoms with Crippen LogP contribution in [0.4, 0.5) is 0 Å². The highest BCUT2D eigenvalue weighted by Gasteiger charge is 2.48. The quantitative estimate of drug-likeness (QED) is 0.585. The molecule has 3 rings (SSSR count). The van der Waals surface area contributed by atoms with Crippen molar-refractivity contribution in [3.05, 3.63) is 25.0 Å². The Morgan fingerprint density at radius 1 is 0.714 bits per heavy atom. The molecule has 0 aromatic heterocycles. The predicted octanol–water partition coefficient (Wildman–Crippen LogP) is 1.29. The highest BCUT2D eigenvalue weighted by molar-refractivity contribution is 5.00. The largest absolute Gasteiger partial charge is 0.458 e. The molecule has 0 radical (unpaired) electrons. The Hall–Kier alpha value is -1.32. The van der Waals surface area contributed by atoms with Gasteiger partial charge in [0.15, 0.2) is 0 Å². The van der Waals surface area contributed by atoms with Gasteiger partial charge in [0, 0.05) is 12.8 Å². The second-order valence-corrected chi connectivity index (χ2v) is 3.84. The summed E-state index contributed by atoms with van der Waals surface area (Å²) in [6.07, 6.45) is 1.84. The van der Waals surface area contributed by atoms with Crippen molar-refractivity contribution in [1.29, 1.82) is 0 Å². The van der Waals surface area contributed by atoms with Crippen LogP contribution < -0.4 is 0 Å². The van der Waals surface area contributed by atoms with Crippen LogP contribution in [-0.4, -0.2) is 24.4 Å². The molecule has 0 N–H and O–H groups in total. The van der Waals surface area contributed by atoms with Crippen LogP contribution >= 0.6 is 0 Å². The zero-order valence-corrected chi connectivity index (χ0v) is 7.77. The van der Waals surface area contributed by atoms with Gasteiger partial charge in [0.25, 0.3) is 11.9 Å². The van der Waals surface area contributed by atoms with Crippen LogP contribution in [0.3, 0.4) is 0 Å². The third-order valence-corrected chi connectivity index (χ3v) is 2.89. The molecule has 2 heterocycles. The van der Waals surface area contributed by atoms with E-state index in [1.165, 1.54) is 0 Å². The minimum atomic E-state index is 0.0678. The van der Waals surface area contributed by atoms with E-state index >= 15 is 0 Å². The van der Waals surface area contributed by atoms with E-state index < -0.39 is 0 Å². The van der Waals surface area contributed by atoms with Crippen molar-refractivity contribution in [1.82, 2.24) is 0 Å². The van der Waals surface area contributed by atoms with Gasteiger partial charge in [-0.05, 0) is 13.2 Å². The van der Waals surface area contributed by atoms with Crippen molar-refractivity contribution >= 4 is 0 Å². The van der Waals surface area contributed by atoms with E-state index in [1.54, 1.807) is 0 Å². The Labute approximate surface area is 82.1 Å². The van der Waals surface area contributed by atoms with E-state index in [9.17, 15) is 0 Å². The zero-order chi connectivity index (χ0) is 9.71. The van der Waals surface area contributed by atoms with E-state index in [-0.39, 0.29) is 24.4 Å². The first-order valence-corrected chi connectivity index (χ1v) is 4.77. The minimum absolute atomic E-state index is 0.0678. The molecule has 2 saturated heterocycles. The second-order valence-electron chi connectivity index (χ2n) is 3.84. The molecule has 1 aliphatic carbocycles. The maximum absolute atomic E-state index is 5.43. The molecule has 3 fully saturated rings. The number of hydrogen-bond acceptors (Lipinski definition) is 4. The van der Waals surface area contributed by atoms with Crippen molar-refractivity contribution < 1.29 is 18.9 Å². The third kappa shape index (κ3) is 1.06. The van der Waals surface area contributed by atoms with Gasteiger partial charge >= 0.3 is 0 Å². The van der Waals surface area contributed by atoms with Gasteiger partial charge in [0.05, 0.1) is 0 Å². The lowest BCUT2D eigenvalue weighted by Gasteiger charge is -2.27. The van der Waals surface area contributed by atoms with Gasteiger partial charge in [0.1, 0.15) is 24.4 Å². The standard InChI is InChI=1S/C10H12O4/c1-5-11-7-3-9-10(4-8(7)12-5)14-6(2)13-9/h7-10H,1-4H2. The molecule has 0 aromatic rings. The van der Waals surface area contributed by atoms with Crippen LogP contribution in [0.5, 0.6) is 0 Å². The Kier molecular flexibility index (Phi) is 1.48. The highest BCUT2D eigenvalue weighted by Crippen LogP contribution is 2.39. The van der Waals surface area contributed by atoms with Crippen molar-refractivity contribution in [3.8, 4) is 0 Å². The summed E-state index contributed by atoms with van der Waals surface area (Å²) in [5.74, 6) is 0.831. The number of rotatable bonds is 0. The van der Waals surface area contributed by atoms with Crippen molar-refractivity contribution in [2.24, 2.45) is 0 Å². The summed E-state index contributed by atoms with van der Waals surface area (Å²) in [6.45, 7) is 7.29. The lowest BCUT2D eigenvalue weighted by molar-refractivity contribution is 0.00578. The number of fused-ring (bicyclic) bond motifs is 2. The molecule has 0 amide bonds. The molecule has 4 heteroatoms. The number of hydrogen-bond donors (Lipinski definition) is 0. The smallest absolute Gasteiger partial charge is 0.272 e. The van der Waals surface area contributed by atoms with Crippen LogP contribution in [0, 0.1) is 0 Å². The van der Waals surface area contributed by atoms with Crippen LogP contribution in [0.15, 0.2) is 25.0 Å². The maximum atomic E-state index is 5.43. The summed E-state index contributed by atoms with van der Waals surface area (Å²) in [5, 5.41) is 0. The Morgan fingerprint density at radius 2 is 1.00 bits per heavy atom. The summed E-state index contributed by atoms with van der Waals surface area (Å²) >= 11 is 0. The van der Waals surface area contributed by atoms with E-state index in [4.69, 9.17) is 18.9 Å². The topological polar surface area (TPSA) is 36.9 Å². The Balaban J connectivity index is 1.77. The monoisotopic (exact) mass is 196 g/mol. The van der Waals surface area contributed by atoms with Gasteiger partial charge in [-0.1, -0.05) is 0 Å².